The number of benzene rings is 1. The minimum atomic E-state index is -0.172. The van der Waals surface area contributed by atoms with Crippen molar-refractivity contribution in [3.05, 3.63) is 35.4 Å². The van der Waals surface area contributed by atoms with E-state index >= 15 is 0 Å². The van der Waals surface area contributed by atoms with E-state index in [9.17, 15) is 9.59 Å². The number of nitrogens with one attached hydrogen (secondary N) is 1. The number of hydrogen-bond donors (Lipinski definition) is 1. The van der Waals surface area contributed by atoms with E-state index in [1.807, 2.05) is 18.2 Å². The van der Waals surface area contributed by atoms with Gasteiger partial charge < -0.3 is 10.1 Å². The third-order valence-electron chi connectivity index (χ3n) is 3.35. The molecule has 0 radical (unpaired) electrons. The highest BCUT2D eigenvalue weighted by Gasteiger charge is 2.29. The van der Waals surface area contributed by atoms with Gasteiger partial charge in [0.15, 0.2) is 0 Å². The second-order valence-electron chi connectivity index (χ2n) is 4.78. The molecule has 1 aliphatic heterocycles. The second-order valence-corrected chi connectivity index (χ2v) is 4.78. The van der Waals surface area contributed by atoms with Crippen LogP contribution >= 0.6 is 0 Å². The third kappa shape index (κ3) is 3.43. The van der Waals surface area contributed by atoms with E-state index in [1.54, 1.807) is 13.2 Å². The number of hydrogen-bond acceptors (Lipinski definition) is 4. The average Bonchev–Trinajstić information content (AvgIpc) is 2.45. The Bertz CT molecular complexity index is 488. The van der Waals surface area contributed by atoms with Gasteiger partial charge in [0, 0.05) is 25.8 Å². The summed E-state index contributed by atoms with van der Waals surface area (Å²) in [6.07, 6.45) is 1.07. The minimum absolute atomic E-state index is 0.106. The van der Waals surface area contributed by atoms with Crippen molar-refractivity contribution >= 4 is 11.8 Å². The fourth-order valence-corrected chi connectivity index (χ4v) is 2.29. The van der Waals surface area contributed by atoms with Crippen LogP contribution < -0.4 is 5.32 Å². The molecule has 2 rings (SSSR count). The van der Waals surface area contributed by atoms with Gasteiger partial charge in [-0.15, -0.1) is 0 Å². The summed E-state index contributed by atoms with van der Waals surface area (Å²) in [4.78, 5) is 25.6. The van der Waals surface area contributed by atoms with Crippen LogP contribution in [0.25, 0.3) is 0 Å². The lowest BCUT2D eigenvalue weighted by Gasteiger charge is -2.26. The lowest BCUT2D eigenvalue weighted by Crippen LogP contribution is -2.43. The zero-order valence-corrected chi connectivity index (χ0v) is 11.7. The molecule has 0 bridgehead atoms. The second kappa shape index (κ2) is 7.17. The van der Waals surface area contributed by atoms with Crippen molar-refractivity contribution in [1.82, 2.24) is 10.2 Å². The largest absolute Gasteiger partial charge is 0.383 e. The molecule has 5 nitrogen and oxygen atoms in total. The summed E-state index contributed by atoms with van der Waals surface area (Å²) >= 11 is 0. The Morgan fingerprint density at radius 2 is 2.05 bits per heavy atom. The number of nitrogens with zero attached hydrogens (tertiary/aromatic N) is 1. The van der Waals surface area contributed by atoms with Crippen molar-refractivity contribution in [2.45, 2.75) is 12.8 Å². The molecule has 20 heavy (non-hydrogen) atoms. The monoisotopic (exact) mass is 276 g/mol. The summed E-state index contributed by atoms with van der Waals surface area (Å²) in [6, 6.07) is 7.31. The fraction of sp³-hybridized carbons (Fsp3) is 0.467. The van der Waals surface area contributed by atoms with Crippen LogP contribution in [0.4, 0.5) is 0 Å². The zero-order chi connectivity index (χ0) is 14.4. The summed E-state index contributed by atoms with van der Waals surface area (Å²) < 4.78 is 4.93. The number of carbonyl (C=O) groups is 2. The van der Waals surface area contributed by atoms with Gasteiger partial charge in [0.2, 0.25) is 5.91 Å². The molecule has 0 aromatic heterocycles. The molecule has 0 atom stereocenters. The summed E-state index contributed by atoms with van der Waals surface area (Å²) in [5.41, 5.74) is 1.48. The molecule has 108 valence electrons. The first-order valence-electron chi connectivity index (χ1n) is 6.86. The number of methoxy groups -OCH3 is 1. The first-order chi connectivity index (χ1) is 9.74. The molecule has 0 saturated heterocycles. The normalized spacial score (nSPS) is 14.6. The van der Waals surface area contributed by atoms with Crippen molar-refractivity contribution in [2.75, 3.05) is 33.4 Å². The van der Waals surface area contributed by atoms with E-state index < -0.39 is 0 Å². The highest BCUT2D eigenvalue weighted by atomic mass is 16.5. The summed E-state index contributed by atoms with van der Waals surface area (Å²) in [7, 11) is 1.66. The molecule has 0 saturated carbocycles. The Kier molecular flexibility index (Phi) is 5.26. The maximum atomic E-state index is 12.3. The van der Waals surface area contributed by atoms with Crippen LogP contribution in [0.1, 0.15) is 22.3 Å². The van der Waals surface area contributed by atoms with Crippen molar-refractivity contribution in [1.29, 1.82) is 0 Å². The number of carbonyl (C=O) groups excluding carboxylic acids is 2. The van der Waals surface area contributed by atoms with Crippen LogP contribution in [0.2, 0.25) is 0 Å². The first-order valence-corrected chi connectivity index (χ1v) is 6.86. The van der Waals surface area contributed by atoms with Crippen molar-refractivity contribution in [2.24, 2.45) is 0 Å². The molecule has 1 aromatic carbocycles. The van der Waals surface area contributed by atoms with E-state index in [0.29, 0.717) is 25.1 Å². The van der Waals surface area contributed by atoms with E-state index in [2.05, 4.69) is 5.32 Å². The van der Waals surface area contributed by atoms with Gasteiger partial charge in [0.1, 0.15) is 0 Å². The molecule has 0 spiro atoms. The van der Waals surface area contributed by atoms with Gasteiger partial charge >= 0.3 is 0 Å². The Morgan fingerprint density at radius 3 is 2.85 bits per heavy atom. The lowest BCUT2D eigenvalue weighted by atomic mass is 9.98. The number of ether oxygens (including phenoxy) is 1. The molecule has 2 amide bonds. The number of fused-ring (bicyclic) bond motifs is 1. The third-order valence-corrected chi connectivity index (χ3v) is 3.35. The first kappa shape index (κ1) is 14.7. The molecule has 0 fully saturated rings. The summed E-state index contributed by atoms with van der Waals surface area (Å²) in [5, 5.41) is 3.20. The molecule has 1 aliphatic rings. The van der Waals surface area contributed by atoms with Crippen LogP contribution in [0.5, 0.6) is 0 Å². The number of imide groups is 1. The van der Waals surface area contributed by atoms with Crippen molar-refractivity contribution in [3.63, 3.8) is 0 Å². The van der Waals surface area contributed by atoms with Gasteiger partial charge in [-0.2, -0.15) is 0 Å². The van der Waals surface area contributed by atoms with Crippen LogP contribution in [0, 0.1) is 0 Å². The van der Waals surface area contributed by atoms with E-state index in [4.69, 9.17) is 4.74 Å². The van der Waals surface area contributed by atoms with Crippen LogP contribution in [-0.4, -0.2) is 50.1 Å². The van der Waals surface area contributed by atoms with Crippen LogP contribution in [0.15, 0.2) is 24.3 Å². The summed E-state index contributed by atoms with van der Waals surface area (Å²) in [5.74, 6) is -0.278. The smallest absolute Gasteiger partial charge is 0.260 e. The quantitative estimate of drug-likeness (QED) is 0.592. The molecule has 0 aliphatic carbocycles. The number of amides is 2. The Morgan fingerprint density at radius 1 is 1.25 bits per heavy atom. The SMILES string of the molecule is COCCNCCCN1C(=O)Cc2ccccc2C1=O. The predicted molar refractivity (Wildman–Crippen MR) is 75.6 cm³/mol. The lowest BCUT2D eigenvalue weighted by molar-refractivity contribution is -0.128. The Labute approximate surface area is 118 Å². The maximum absolute atomic E-state index is 12.3. The molecule has 1 N–H and O–H groups in total. The van der Waals surface area contributed by atoms with E-state index in [1.165, 1.54) is 4.90 Å². The fourth-order valence-electron chi connectivity index (χ4n) is 2.29. The van der Waals surface area contributed by atoms with Gasteiger partial charge in [0.25, 0.3) is 5.91 Å². The van der Waals surface area contributed by atoms with E-state index in [-0.39, 0.29) is 11.8 Å². The topological polar surface area (TPSA) is 58.6 Å². The molecular weight excluding hydrogens is 256 g/mol. The highest BCUT2D eigenvalue weighted by molar-refractivity contribution is 6.09. The zero-order valence-electron chi connectivity index (χ0n) is 11.7. The van der Waals surface area contributed by atoms with Gasteiger partial charge in [-0.1, -0.05) is 18.2 Å². The number of rotatable bonds is 7. The molecule has 1 aromatic rings. The van der Waals surface area contributed by atoms with Gasteiger partial charge in [-0.05, 0) is 24.6 Å². The molecule has 1 heterocycles. The standard InChI is InChI=1S/C15H20N2O3/c1-20-10-8-16-7-4-9-17-14(18)11-12-5-2-3-6-13(12)15(17)19/h2-3,5-6,16H,4,7-11H2,1H3. The van der Waals surface area contributed by atoms with Crippen molar-refractivity contribution < 1.29 is 14.3 Å². The molecular formula is C15H20N2O3. The van der Waals surface area contributed by atoms with Gasteiger partial charge in [-0.25, -0.2) is 0 Å². The van der Waals surface area contributed by atoms with Crippen LogP contribution in [-0.2, 0) is 16.0 Å². The average molecular weight is 276 g/mol. The van der Waals surface area contributed by atoms with E-state index in [0.717, 1.165) is 25.1 Å². The van der Waals surface area contributed by atoms with Gasteiger partial charge in [-0.3, -0.25) is 14.5 Å². The maximum Gasteiger partial charge on any atom is 0.260 e. The predicted octanol–water partition coefficient (Wildman–Crippen LogP) is 0.838. The molecule has 0 unspecified atom stereocenters. The van der Waals surface area contributed by atoms with Gasteiger partial charge in [0.05, 0.1) is 13.0 Å². The minimum Gasteiger partial charge on any atom is -0.383 e. The summed E-state index contributed by atoms with van der Waals surface area (Å²) in [6.45, 7) is 2.67. The molecule has 5 heteroatoms. The highest BCUT2D eigenvalue weighted by Crippen LogP contribution is 2.19. The Hall–Kier alpha value is -1.72. The van der Waals surface area contributed by atoms with Crippen molar-refractivity contribution in [3.8, 4) is 0 Å². The Balaban J connectivity index is 1.87. The van der Waals surface area contributed by atoms with Crippen LogP contribution in [0.3, 0.4) is 0 Å².